The highest BCUT2D eigenvalue weighted by Gasteiger charge is 2.05. The monoisotopic (exact) mass is 284 g/mol. The molecule has 0 saturated heterocycles. The number of hydrogen-bond acceptors (Lipinski definition) is 2. The van der Waals surface area contributed by atoms with Gasteiger partial charge in [-0.1, -0.05) is 42.5 Å². The van der Waals surface area contributed by atoms with Crippen LogP contribution in [0.5, 0.6) is 5.75 Å². The van der Waals surface area contributed by atoms with Crippen LogP contribution < -0.4 is 15.4 Å². The number of methoxy groups -OCH3 is 1. The first kappa shape index (κ1) is 14.9. The van der Waals surface area contributed by atoms with Crippen LogP contribution in [-0.4, -0.2) is 13.1 Å². The molecule has 2 amide bonds. The molecule has 21 heavy (non-hydrogen) atoms. The van der Waals surface area contributed by atoms with Gasteiger partial charge in [-0.25, -0.2) is 4.79 Å². The topological polar surface area (TPSA) is 50.4 Å². The molecule has 0 aliphatic carbocycles. The van der Waals surface area contributed by atoms with Crippen LogP contribution in [0.1, 0.15) is 16.7 Å². The Hall–Kier alpha value is -2.49. The fourth-order valence-corrected chi connectivity index (χ4v) is 2.07. The first-order valence-corrected chi connectivity index (χ1v) is 6.89. The van der Waals surface area contributed by atoms with Crippen molar-refractivity contribution in [2.45, 2.75) is 20.0 Å². The molecule has 0 aliphatic heterocycles. The standard InChI is InChI=1S/C17H20N2O2/c1-13-7-3-4-8-14(13)11-18-17(20)19-12-15-9-5-6-10-16(15)21-2/h3-10H,11-12H2,1-2H3,(H2,18,19,20). The zero-order valence-electron chi connectivity index (χ0n) is 12.3. The molecule has 4 nitrogen and oxygen atoms in total. The largest absolute Gasteiger partial charge is 0.496 e. The summed E-state index contributed by atoms with van der Waals surface area (Å²) in [5, 5.41) is 5.69. The van der Waals surface area contributed by atoms with Crippen molar-refractivity contribution < 1.29 is 9.53 Å². The summed E-state index contributed by atoms with van der Waals surface area (Å²) in [4.78, 5) is 11.8. The number of aryl methyl sites for hydroxylation is 1. The number of amides is 2. The lowest BCUT2D eigenvalue weighted by Crippen LogP contribution is -2.34. The second-order valence-electron chi connectivity index (χ2n) is 4.77. The van der Waals surface area contributed by atoms with Gasteiger partial charge in [0.2, 0.25) is 0 Å². The Kier molecular flexibility index (Phi) is 5.21. The van der Waals surface area contributed by atoms with Gasteiger partial charge in [-0.3, -0.25) is 0 Å². The van der Waals surface area contributed by atoms with Crippen LogP contribution in [0, 0.1) is 6.92 Å². The molecule has 0 saturated carbocycles. The maximum absolute atomic E-state index is 11.8. The minimum atomic E-state index is -0.191. The van der Waals surface area contributed by atoms with E-state index in [2.05, 4.69) is 10.6 Å². The number of carbonyl (C=O) groups is 1. The molecule has 4 heteroatoms. The highest BCUT2D eigenvalue weighted by molar-refractivity contribution is 5.74. The minimum absolute atomic E-state index is 0.191. The molecule has 2 aromatic carbocycles. The molecular formula is C17H20N2O2. The fourth-order valence-electron chi connectivity index (χ4n) is 2.07. The summed E-state index contributed by atoms with van der Waals surface area (Å²) in [6, 6.07) is 15.4. The van der Waals surface area contributed by atoms with Crippen molar-refractivity contribution in [3.8, 4) is 5.75 Å². The second kappa shape index (κ2) is 7.33. The number of urea groups is 1. The van der Waals surface area contributed by atoms with Crippen molar-refractivity contribution in [3.63, 3.8) is 0 Å². The van der Waals surface area contributed by atoms with Crippen molar-refractivity contribution >= 4 is 6.03 Å². The first-order chi connectivity index (χ1) is 10.2. The van der Waals surface area contributed by atoms with Crippen LogP contribution in [0.25, 0.3) is 0 Å². The number of hydrogen-bond donors (Lipinski definition) is 2. The van der Waals surface area contributed by atoms with E-state index in [1.807, 2.05) is 55.5 Å². The third-order valence-corrected chi connectivity index (χ3v) is 3.33. The molecule has 2 aromatic rings. The Labute approximate surface area is 125 Å². The molecule has 110 valence electrons. The Morgan fingerprint density at radius 1 is 0.952 bits per heavy atom. The summed E-state index contributed by atoms with van der Waals surface area (Å²) in [6.07, 6.45) is 0. The second-order valence-corrected chi connectivity index (χ2v) is 4.77. The van der Waals surface area contributed by atoms with Gasteiger partial charge >= 0.3 is 6.03 Å². The molecule has 0 heterocycles. The lowest BCUT2D eigenvalue weighted by molar-refractivity contribution is 0.240. The van der Waals surface area contributed by atoms with E-state index in [4.69, 9.17) is 4.74 Å². The van der Waals surface area contributed by atoms with Crippen LogP contribution in [-0.2, 0) is 13.1 Å². The summed E-state index contributed by atoms with van der Waals surface area (Å²) in [5.74, 6) is 0.775. The number of benzene rings is 2. The zero-order valence-corrected chi connectivity index (χ0v) is 12.3. The normalized spacial score (nSPS) is 10.0. The lowest BCUT2D eigenvalue weighted by Gasteiger charge is -2.11. The van der Waals surface area contributed by atoms with E-state index in [0.717, 1.165) is 16.9 Å². The van der Waals surface area contributed by atoms with E-state index < -0.39 is 0 Å². The van der Waals surface area contributed by atoms with E-state index in [-0.39, 0.29) is 6.03 Å². The Morgan fingerprint density at radius 2 is 1.52 bits per heavy atom. The Bertz CT molecular complexity index is 611. The third kappa shape index (κ3) is 4.24. The highest BCUT2D eigenvalue weighted by Crippen LogP contribution is 2.16. The van der Waals surface area contributed by atoms with Gasteiger partial charge < -0.3 is 15.4 Å². The average Bonchev–Trinajstić information content (AvgIpc) is 2.52. The van der Waals surface area contributed by atoms with Crippen LogP contribution >= 0.6 is 0 Å². The van der Waals surface area contributed by atoms with Gasteiger partial charge in [0.1, 0.15) is 5.75 Å². The van der Waals surface area contributed by atoms with Crippen molar-refractivity contribution in [2.75, 3.05) is 7.11 Å². The van der Waals surface area contributed by atoms with Crippen LogP contribution in [0.4, 0.5) is 4.79 Å². The maximum atomic E-state index is 11.8. The van der Waals surface area contributed by atoms with E-state index in [1.165, 1.54) is 5.56 Å². The van der Waals surface area contributed by atoms with Gasteiger partial charge in [-0.15, -0.1) is 0 Å². The van der Waals surface area contributed by atoms with E-state index in [1.54, 1.807) is 7.11 Å². The lowest BCUT2D eigenvalue weighted by atomic mass is 10.1. The summed E-state index contributed by atoms with van der Waals surface area (Å²) >= 11 is 0. The predicted molar refractivity (Wildman–Crippen MR) is 83.2 cm³/mol. The van der Waals surface area contributed by atoms with E-state index in [9.17, 15) is 4.79 Å². The minimum Gasteiger partial charge on any atom is -0.496 e. The molecule has 0 atom stereocenters. The summed E-state index contributed by atoms with van der Waals surface area (Å²) in [5.41, 5.74) is 3.23. The fraction of sp³-hybridized carbons (Fsp3) is 0.235. The van der Waals surface area contributed by atoms with Crippen LogP contribution in [0.2, 0.25) is 0 Å². The van der Waals surface area contributed by atoms with Gasteiger partial charge in [0.15, 0.2) is 0 Å². The number of rotatable bonds is 5. The molecule has 0 fully saturated rings. The number of carbonyl (C=O) groups excluding carboxylic acids is 1. The van der Waals surface area contributed by atoms with Crippen molar-refractivity contribution in [3.05, 3.63) is 65.2 Å². The Morgan fingerprint density at radius 3 is 2.19 bits per heavy atom. The quantitative estimate of drug-likeness (QED) is 0.886. The number of para-hydroxylation sites is 1. The van der Waals surface area contributed by atoms with Crippen LogP contribution in [0.15, 0.2) is 48.5 Å². The van der Waals surface area contributed by atoms with Crippen molar-refractivity contribution in [1.29, 1.82) is 0 Å². The molecule has 0 aromatic heterocycles. The maximum Gasteiger partial charge on any atom is 0.315 e. The molecule has 2 rings (SSSR count). The molecule has 0 spiro atoms. The van der Waals surface area contributed by atoms with Crippen LogP contribution in [0.3, 0.4) is 0 Å². The molecule has 2 N–H and O–H groups in total. The molecular weight excluding hydrogens is 264 g/mol. The Balaban J connectivity index is 1.84. The number of ether oxygens (including phenoxy) is 1. The van der Waals surface area contributed by atoms with E-state index >= 15 is 0 Å². The molecule has 0 unspecified atom stereocenters. The number of nitrogens with one attached hydrogen (secondary N) is 2. The van der Waals surface area contributed by atoms with Crippen molar-refractivity contribution in [2.24, 2.45) is 0 Å². The summed E-state index contributed by atoms with van der Waals surface area (Å²) in [7, 11) is 1.62. The zero-order chi connectivity index (χ0) is 15.1. The van der Waals surface area contributed by atoms with Gasteiger partial charge in [-0.2, -0.15) is 0 Å². The molecule has 0 bridgehead atoms. The average molecular weight is 284 g/mol. The summed E-state index contributed by atoms with van der Waals surface area (Å²) < 4.78 is 5.25. The SMILES string of the molecule is COc1ccccc1CNC(=O)NCc1ccccc1C. The van der Waals surface area contributed by atoms with Crippen molar-refractivity contribution in [1.82, 2.24) is 10.6 Å². The predicted octanol–water partition coefficient (Wildman–Crippen LogP) is 3.00. The molecule has 0 aliphatic rings. The highest BCUT2D eigenvalue weighted by atomic mass is 16.5. The summed E-state index contributed by atoms with van der Waals surface area (Å²) in [6.45, 7) is 2.98. The van der Waals surface area contributed by atoms with Gasteiger partial charge in [0.25, 0.3) is 0 Å². The third-order valence-electron chi connectivity index (χ3n) is 3.33. The van der Waals surface area contributed by atoms with Gasteiger partial charge in [0, 0.05) is 18.7 Å². The van der Waals surface area contributed by atoms with Gasteiger partial charge in [0.05, 0.1) is 7.11 Å². The molecule has 0 radical (unpaired) electrons. The van der Waals surface area contributed by atoms with E-state index in [0.29, 0.717) is 13.1 Å². The first-order valence-electron chi connectivity index (χ1n) is 6.89. The van der Waals surface area contributed by atoms with Gasteiger partial charge in [-0.05, 0) is 24.1 Å². The smallest absolute Gasteiger partial charge is 0.315 e.